The van der Waals surface area contributed by atoms with Crippen LogP contribution in [0.25, 0.3) is 0 Å². The normalized spacial score (nSPS) is 21.6. The molecular formula is C24H34O2Si. The smallest absolute Gasteiger partial charge is 0.288 e. The molecule has 0 spiro atoms. The fourth-order valence-corrected chi connectivity index (χ4v) is 10.7. The monoisotopic (exact) mass is 382 g/mol. The van der Waals surface area contributed by atoms with E-state index in [0.717, 1.165) is 12.8 Å². The first kappa shape index (κ1) is 20.3. The Balaban J connectivity index is 2.40. The van der Waals surface area contributed by atoms with E-state index in [1.807, 2.05) is 0 Å². The van der Waals surface area contributed by atoms with E-state index in [1.54, 1.807) is 0 Å². The standard InChI is InChI=1S/C24H34O2Si/c1-9-21-25-22(10-2)27(26-21,23-17(5)11-15(3)12-18(23)6)24-19(7)13-16(4)14-20(24)8/h11-14,21-22H,9-10H2,1-8H3. The molecule has 0 N–H and O–H groups in total. The van der Waals surface area contributed by atoms with Gasteiger partial charge in [-0.15, -0.1) is 0 Å². The maximum absolute atomic E-state index is 6.99. The molecule has 0 radical (unpaired) electrons. The Morgan fingerprint density at radius 2 is 1.11 bits per heavy atom. The summed E-state index contributed by atoms with van der Waals surface area (Å²) in [6.07, 6.45) is 1.75. The van der Waals surface area contributed by atoms with E-state index < -0.39 is 8.32 Å². The molecule has 1 heterocycles. The van der Waals surface area contributed by atoms with Gasteiger partial charge in [0.25, 0.3) is 8.32 Å². The minimum atomic E-state index is -2.54. The van der Waals surface area contributed by atoms with E-state index in [2.05, 4.69) is 79.7 Å². The first-order valence-corrected chi connectivity index (χ1v) is 12.2. The Bertz CT molecular complexity index is 752. The van der Waals surface area contributed by atoms with Gasteiger partial charge in [-0.25, -0.2) is 0 Å². The minimum absolute atomic E-state index is 0.109. The molecule has 2 unspecified atom stereocenters. The summed E-state index contributed by atoms with van der Waals surface area (Å²) in [4.78, 5) is 0. The molecule has 146 valence electrons. The van der Waals surface area contributed by atoms with E-state index in [0.29, 0.717) is 0 Å². The van der Waals surface area contributed by atoms with Gasteiger partial charge >= 0.3 is 0 Å². The molecule has 3 rings (SSSR count). The van der Waals surface area contributed by atoms with Crippen LogP contribution < -0.4 is 10.4 Å². The third-order valence-corrected chi connectivity index (χ3v) is 11.0. The van der Waals surface area contributed by atoms with Crippen molar-refractivity contribution in [3.05, 3.63) is 57.6 Å². The summed E-state index contributed by atoms with van der Waals surface area (Å²) < 4.78 is 13.5. The van der Waals surface area contributed by atoms with Crippen LogP contribution in [0.5, 0.6) is 0 Å². The SMILES string of the molecule is CCC1OC(CC)[Si](c2c(C)cc(C)cc2C)(c2c(C)cc(C)cc2C)O1. The van der Waals surface area contributed by atoms with E-state index in [4.69, 9.17) is 9.16 Å². The van der Waals surface area contributed by atoms with E-state index in [1.165, 1.54) is 43.8 Å². The van der Waals surface area contributed by atoms with Crippen molar-refractivity contribution in [2.24, 2.45) is 0 Å². The second-order valence-electron chi connectivity index (χ2n) is 8.27. The van der Waals surface area contributed by atoms with Gasteiger partial charge in [0.1, 0.15) is 6.29 Å². The zero-order chi connectivity index (χ0) is 19.9. The van der Waals surface area contributed by atoms with Crippen LogP contribution in [0.4, 0.5) is 0 Å². The molecule has 2 atom stereocenters. The summed E-state index contributed by atoms with van der Waals surface area (Å²) in [5.74, 6) is 0. The molecule has 0 saturated carbocycles. The van der Waals surface area contributed by atoms with Gasteiger partial charge in [-0.2, -0.15) is 0 Å². The summed E-state index contributed by atoms with van der Waals surface area (Å²) in [5.41, 5.74) is 8.15. The fraction of sp³-hybridized carbons (Fsp3) is 0.500. The van der Waals surface area contributed by atoms with Crippen molar-refractivity contribution in [3.8, 4) is 0 Å². The largest absolute Gasteiger partial charge is 0.380 e. The topological polar surface area (TPSA) is 18.5 Å². The molecule has 2 nitrogen and oxygen atoms in total. The molecule has 0 aromatic heterocycles. The first-order chi connectivity index (χ1) is 12.7. The van der Waals surface area contributed by atoms with Crippen LogP contribution in [-0.4, -0.2) is 20.3 Å². The number of ether oxygens (including phenoxy) is 1. The lowest BCUT2D eigenvalue weighted by atomic mass is 10.1. The number of aryl methyl sites for hydroxylation is 6. The number of hydrogen-bond acceptors (Lipinski definition) is 2. The number of hydrogen-bond donors (Lipinski definition) is 0. The van der Waals surface area contributed by atoms with Crippen LogP contribution in [0.1, 0.15) is 60.1 Å². The molecule has 0 bridgehead atoms. The summed E-state index contributed by atoms with van der Waals surface area (Å²) in [6.45, 7) is 17.8. The van der Waals surface area contributed by atoms with Crippen molar-refractivity contribution in [1.82, 2.24) is 0 Å². The summed E-state index contributed by atoms with van der Waals surface area (Å²) >= 11 is 0. The number of rotatable bonds is 4. The molecule has 1 aliphatic heterocycles. The Hall–Kier alpha value is -1.42. The molecular weight excluding hydrogens is 348 g/mol. The highest BCUT2D eigenvalue weighted by Gasteiger charge is 2.56. The molecule has 1 aliphatic rings. The molecule has 2 aromatic carbocycles. The van der Waals surface area contributed by atoms with Crippen molar-refractivity contribution in [1.29, 1.82) is 0 Å². The van der Waals surface area contributed by atoms with Crippen LogP contribution in [-0.2, 0) is 9.16 Å². The van der Waals surface area contributed by atoms with E-state index in [9.17, 15) is 0 Å². The van der Waals surface area contributed by atoms with Gasteiger partial charge in [0.15, 0.2) is 0 Å². The summed E-state index contributed by atoms with van der Waals surface area (Å²) in [6, 6.07) is 9.24. The molecule has 1 saturated heterocycles. The van der Waals surface area contributed by atoms with Crippen LogP contribution >= 0.6 is 0 Å². The van der Waals surface area contributed by atoms with Crippen molar-refractivity contribution in [2.75, 3.05) is 0 Å². The highest BCUT2D eigenvalue weighted by Crippen LogP contribution is 2.33. The summed E-state index contributed by atoms with van der Waals surface area (Å²) in [7, 11) is -2.54. The van der Waals surface area contributed by atoms with Crippen LogP contribution in [0.2, 0.25) is 0 Å². The Labute approximate surface area is 166 Å². The predicted molar refractivity (Wildman–Crippen MR) is 117 cm³/mol. The maximum atomic E-state index is 6.99. The second-order valence-corrected chi connectivity index (χ2v) is 11.6. The Morgan fingerprint density at radius 3 is 1.44 bits per heavy atom. The second kappa shape index (κ2) is 7.54. The fourth-order valence-electron chi connectivity index (χ4n) is 5.25. The average molecular weight is 383 g/mol. The van der Waals surface area contributed by atoms with Crippen molar-refractivity contribution in [3.63, 3.8) is 0 Å². The lowest BCUT2D eigenvalue weighted by Gasteiger charge is -2.36. The van der Waals surface area contributed by atoms with Gasteiger partial charge in [0, 0.05) is 0 Å². The zero-order valence-electron chi connectivity index (χ0n) is 18.2. The molecule has 1 fully saturated rings. The quantitative estimate of drug-likeness (QED) is 0.714. The van der Waals surface area contributed by atoms with Crippen LogP contribution in [0, 0.1) is 41.5 Å². The van der Waals surface area contributed by atoms with E-state index >= 15 is 0 Å². The van der Waals surface area contributed by atoms with Gasteiger partial charge in [0.05, 0.1) is 5.73 Å². The summed E-state index contributed by atoms with van der Waals surface area (Å²) in [5, 5.41) is 2.84. The van der Waals surface area contributed by atoms with Gasteiger partial charge in [-0.3, -0.25) is 0 Å². The predicted octanol–water partition coefficient (Wildman–Crippen LogP) is 4.70. The molecule has 3 heteroatoms. The molecule has 2 aromatic rings. The third-order valence-electron chi connectivity index (χ3n) is 5.89. The first-order valence-electron chi connectivity index (χ1n) is 10.2. The zero-order valence-corrected chi connectivity index (χ0v) is 19.2. The highest BCUT2D eigenvalue weighted by atomic mass is 28.4. The molecule has 0 amide bonds. The number of benzene rings is 2. The molecule has 0 aliphatic carbocycles. The third kappa shape index (κ3) is 3.30. The lowest BCUT2D eigenvalue weighted by molar-refractivity contribution is -0.0497. The van der Waals surface area contributed by atoms with Gasteiger partial charge in [-0.1, -0.05) is 49.2 Å². The molecule has 27 heavy (non-hydrogen) atoms. The van der Waals surface area contributed by atoms with Crippen molar-refractivity contribution < 1.29 is 9.16 Å². The lowest BCUT2D eigenvalue weighted by Crippen LogP contribution is -2.68. The van der Waals surface area contributed by atoms with Gasteiger partial charge < -0.3 is 9.16 Å². The van der Waals surface area contributed by atoms with Crippen LogP contribution in [0.15, 0.2) is 24.3 Å². The van der Waals surface area contributed by atoms with Crippen LogP contribution in [0.3, 0.4) is 0 Å². The minimum Gasteiger partial charge on any atom is -0.380 e. The van der Waals surface area contributed by atoms with Crippen molar-refractivity contribution in [2.45, 2.75) is 80.2 Å². The van der Waals surface area contributed by atoms with Crippen molar-refractivity contribution >= 4 is 18.7 Å². The van der Waals surface area contributed by atoms with Gasteiger partial charge in [0.2, 0.25) is 0 Å². The Kier molecular flexibility index (Phi) is 5.67. The highest BCUT2D eigenvalue weighted by molar-refractivity contribution is 6.99. The maximum Gasteiger partial charge on any atom is 0.288 e. The van der Waals surface area contributed by atoms with Gasteiger partial charge in [-0.05, 0) is 87.0 Å². The average Bonchev–Trinajstić information content (AvgIpc) is 2.92. The Morgan fingerprint density at radius 1 is 0.704 bits per heavy atom. The van der Waals surface area contributed by atoms with E-state index in [-0.39, 0.29) is 12.0 Å².